The highest BCUT2D eigenvalue weighted by Crippen LogP contribution is 2.26. The van der Waals surface area contributed by atoms with E-state index in [0.717, 1.165) is 44.8 Å². The maximum Gasteiger partial charge on any atom is 0.330 e. The number of esters is 1. The molecule has 0 saturated carbocycles. The number of allylic oxidation sites excluding steroid dienone is 1. The van der Waals surface area contributed by atoms with E-state index in [-0.39, 0.29) is 18.6 Å². The van der Waals surface area contributed by atoms with Gasteiger partial charge in [0, 0.05) is 25.6 Å². The Morgan fingerprint density at radius 2 is 1.77 bits per heavy atom. The zero-order valence-electron chi connectivity index (χ0n) is 18.7. The van der Waals surface area contributed by atoms with E-state index in [9.17, 15) is 15.3 Å². The van der Waals surface area contributed by atoms with Gasteiger partial charge in [-0.15, -0.1) is 0 Å². The molecule has 0 aliphatic rings. The first-order chi connectivity index (χ1) is 15.0. The fourth-order valence-corrected chi connectivity index (χ4v) is 2.76. The summed E-state index contributed by atoms with van der Waals surface area (Å²) in [5.41, 5.74) is 0.908. The van der Waals surface area contributed by atoms with Crippen LogP contribution in [0.5, 0.6) is 5.88 Å². The molecule has 1 rings (SSSR count). The van der Waals surface area contributed by atoms with Crippen LogP contribution in [-0.2, 0) is 16.0 Å². The number of ether oxygens (including phenoxy) is 2. The number of hydrogen-bond acceptors (Lipinski definition) is 8. The minimum atomic E-state index is -0.529. The fourth-order valence-electron chi connectivity index (χ4n) is 2.76. The Bertz CT molecular complexity index is 828. The van der Waals surface area contributed by atoms with E-state index in [1.54, 1.807) is 0 Å². The number of hydrogen-bond donors (Lipinski definition) is 0. The third kappa shape index (κ3) is 8.47. The highest BCUT2D eigenvalue weighted by atomic mass is 16.5. The molecule has 0 N–H and O–H groups in total. The summed E-state index contributed by atoms with van der Waals surface area (Å²) >= 11 is 0. The molecular weight excluding hydrogens is 394 g/mol. The highest BCUT2D eigenvalue weighted by Gasteiger charge is 2.19. The average molecular weight is 426 g/mol. The lowest BCUT2D eigenvalue weighted by Crippen LogP contribution is -2.28. The summed E-state index contributed by atoms with van der Waals surface area (Å²) in [4.78, 5) is 22.9. The molecule has 0 amide bonds. The van der Waals surface area contributed by atoms with Crippen molar-refractivity contribution in [2.45, 2.75) is 52.9 Å². The molecule has 0 unspecified atom stereocenters. The van der Waals surface area contributed by atoms with Gasteiger partial charge in [-0.05, 0) is 25.8 Å². The van der Waals surface area contributed by atoms with Crippen LogP contribution in [0.25, 0.3) is 6.08 Å². The van der Waals surface area contributed by atoms with Gasteiger partial charge in [-0.25, -0.2) is 9.78 Å². The summed E-state index contributed by atoms with van der Waals surface area (Å²) in [6.07, 6.45) is 6.87. The Labute approximate surface area is 184 Å². The molecule has 0 aromatic carbocycles. The van der Waals surface area contributed by atoms with Gasteiger partial charge in [0.1, 0.15) is 17.7 Å². The molecule has 8 nitrogen and oxygen atoms in total. The van der Waals surface area contributed by atoms with Crippen molar-refractivity contribution >= 4 is 18.0 Å². The summed E-state index contributed by atoms with van der Waals surface area (Å²) in [5.74, 6) is 0.306. The molecule has 0 atom stereocenters. The minimum absolute atomic E-state index is 0.0755. The van der Waals surface area contributed by atoms with Crippen LogP contribution < -0.4 is 9.64 Å². The van der Waals surface area contributed by atoms with Crippen molar-refractivity contribution in [3.63, 3.8) is 0 Å². The lowest BCUT2D eigenvalue weighted by molar-refractivity contribution is -0.137. The maximum atomic E-state index is 11.4. The van der Waals surface area contributed by atoms with Gasteiger partial charge in [0.05, 0.1) is 24.5 Å². The van der Waals surface area contributed by atoms with Crippen molar-refractivity contribution in [2.24, 2.45) is 0 Å². The van der Waals surface area contributed by atoms with Crippen molar-refractivity contribution in [3.05, 3.63) is 29.5 Å². The number of nitrogens with zero attached hydrogens (tertiary/aromatic N) is 5. The number of carbonyl (C=O) groups is 1. The van der Waals surface area contributed by atoms with Gasteiger partial charge in [-0.3, -0.25) is 0 Å². The predicted octanol–water partition coefficient (Wildman–Crippen LogP) is 3.98. The van der Waals surface area contributed by atoms with Crippen LogP contribution in [0.15, 0.2) is 18.2 Å². The first-order valence-electron chi connectivity index (χ1n) is 10.6. The van der Waals surface area contributed by atoms with Gasteiger partial charge < -0.3 is 14.4 Å². The monoisotopic (exact) mass is 425 g/mol. The molecule has 1 aromatic rings. The molecule has 0 aliphatic carbocycles. The second kappa shape index (κ2) is 14.6. The molecule has 0 saturated heterocycles. The highest BCUT2D eigenvalue weighted by molar-refractivity contribution is 5.81. The third-order valence-corrected chi connectivity index (χ3v) is 4.38. The van der Waals surface area contributed by atoms with Crippen molar-refractivity contribution in [2.75, 3.05) is 31.2 Å². The Hall–Kier alpha value is -3.39. The van der Waals surface area contributed by atoms with Crippen LogP contribution >= 0.6 is 0 Å². The minimum Gasteiger partial charge on any atom is -0.477 e. The van der Waals surface area contributed by atoms with Crippen LogP contribution in [0, 0.1) is 22.7 Å². The Kier molecular flexibility index (Phi) is 12.1. The van der Waals surface area contributed by atoms with Gasteiger partial charge in [0.25, 0.3) is 0 Å². The number of aromatic nitrogens is 2. The van der Waals surface area contributed by atoms with E-state index >= 15 is 0 Å². The summed E-state index contributed by atoms with van der Waals surface area (Å²) < 4.78 is 10.9. The quantitative estimate of drug-likeness (QED) is 0.250. The smallest absolute Gasteiger partial charge is 0.330 e. The van der Waals surface area contributed by atoms with Gasteiger partial charge in [-0.2, -0.15) is 15.5 Å². The molecule has 31 heavy (non-hydrogen) atoms. The zero-order chi connectivity index (χ0) is 23.1. The number of rotatable bonds is 14. The van der Waals surface area contributed by atoms with Crippen molar-refractivity contribution < 1.29 is 14.3 Å². The van der Waals surface area contributed by atoms with E-state index in [1.807, 2.05) is 19.1 Å². The predicted molar refractivity (Wildman–Crippen MR) is 119 cm³/mol. The summed E-state index contributed by atoms with van der Waals surface area (Å²) in [7, 11) is 0. The van der Waals surface area contributed by atoms with Crippen LogP contribution in [-0.4, -0.2) is 42.2 Å². The van der Waals surface area contributed by atoms with Gasteiger partial charge in [-0.1, -0.05) is 33.3 Å². The van der Waals surface area contributed by atoms with E-state index in [2.05, 4.69) is 30.3 Å². The number of anilines is 1. The zero-order valence-corrected chi connectivity index (χ0v) is 18.7. The largest absolute Gasteiger partial charge is 0.477 e. The van der Waals surface area contributed by atoms with Crippen LogP contribution in [0.3, 0.4) is 0 Å². The molecular formula is C23H31N5O3. The normalized spacial score (nSPS) is 9.84. The van der Waals surface area contributed by atoms with Crippen molar-refractivity contribution in [3.8, 4) is 18.0 Å². The first kappa shape index (κ1) is 25.6. The Morgan fingerprint density at radius 3 is 2.29 bits per heavy atom. The number of carbonyl (C=O) groups excluding carboxylic acids is 1. The van der Waals surface area contributed by atoms with Crippen LogP contribution in [0.1, 0.15) is 57.7 Å². The maximum absolute atomic E-state index is 11.4. The van der Waals surface area contributed by atoms with Crippen LogP contribution in [0.2, 0.25) is 0 Å². The second-order valence-electron chi connectivity index (χ2n) is 6.72. The molecule has 0 aliphatic heterocycles. The van der Waals surface area contributed by atoms with Gasteiger partial charge in [0.2, 0.25) is 11.8 Å². The molecule has 0 bridgehead atoms. The first-order valence-corrected chi connectivity index (χ1v) is 10.6. The fraction of sp³-hybridized carbons (Fsp3) is 0.522. The van der Waals surface area contributed by atoms with Crippen molar-refractivity contribution in [1.82, 2.24) is 9.97 Å². The number of unbranched alkanes of at least 4 members (excludes halogenated alkanes) is 2. The summed E-state index contributed by atoms with van der Waals surface area (Å²) in [6, 6.07) is 3.71. The Balaban J connectivity index is 3.50. The molecule has 8 heteroatoms. The molecule has 1 heterocycles. The van der Waals surface area contributed by atoms with E-state index in [0.29, 0.717) is 29.7 Å². The molecule has 166 valence electrons. The SMILES string of the molecule is C=CC(=O)OCCc1nc(N(CCCC)CCCC)nc(OCC)c1C=C(C#N)C#N. The van der Waals surface area contributed by atoms with E-state index < -0.39 is 5.97 Å². The van der Waals surface area contributed by atoms with Crippen molar-refractivity contribution in [1.29, 1.82) is 10.5 Å². The van der Waals surface area contributed by atoms with Gasteiger partial charge >= 0.3 is 5.97 Å². The molecule has 0 fully saturated rings. The summed E-state index contributed by atoms with van der Waals surface area (Å²) in [6.45, 7) is 11.5. The second-order valence-corrected chi connectivity index (χ2v) is 6.72. The average Bonchev–Trinajstić information content (AvgIpc) is 2.78. The van der Waals surface area contributed by atoms with Crippen LogP contribution in [0.4, 0.5) is 5.95 Å². The van der Waals surface area contributed by atoms with Gasteiger partial charge in [0.15, 0.2) is 0 Å². The molecule has 0 spiro atoms. The molecule has 0 radical (unpaired) electrons. The number of nitriles is 2. The molecule has 1 aromatic heterocycles. The third-order valence-electron chi connectivity index (χ3n) is 4.38. The Morgan fingerprint density at radius 1 is 1.13 bits per heavy atom. The topological polar surface area (TPSA) is 112 Å². The summed E-state index contributed by atoms with van der Waals surface area (Å²) in [5, 5.41) is 18.4. The van der Waals surface area contributed by atoms with E-state index in [1.165, 1.54) is 6.08 Å². The lowest BCUT2D eigenvalue weighted by Gasteiger charge is -2.24. The standard InChI is InChI=1S/C23H31N5O3/c1-5-9-12-28(13-10-6-2)23-26-20(11-14-31-21(29)7-3)19(15-18(16-24)17-25)22(27-23)30-8-4/h7,15H,3,5-6,8-14H2,1-2,4H3. The lowest BCUT2D eigenvalue weighted by atomic mass is 10.1. The van der Waals surface area contributed by atoms with E-state index in [4.69, 9.17) is 14.5 Å².